The van der Waals surface area contributed by atoms with E-state index >= 15 is 8.78 Å². The number of benzene rings is 1. The van der Waals surface area contributed by atoms with E-state index in [0.717, 1.165) is 11.0 Å². The largest absolute Gasteiger partial charge is 0.322 e. The fraction of sp³-hybridized carbons (Fsp3) is 0.591. The molecule has 3 amide bonds. The summed E-state index contributed by atoms with van der Waals surface area (Å²) in [6, 6.07) is -0.314. The zero-order valence-electron chi connectivity index (χ0n) is 24.7. The van der Waals surface area contributed by atoms with Crippen LogP contribution in [0.15, 0.2) is 6.07 Å². The Kier molecular flexibility index (Phi) is 3.25. The smallest absolute Gasteiger partial charge is 0.258 e. The van der Waals surface area contributed by atoms with Gasteiger partial charge in [-0.05, 0) is 76.0 Å². The molecule has 6 nitrogen and oxygen atoms in total. The average Bonchev–Trinajstić information content (AvgIpc) is 3.05. The van der Waals surface area contributed by atoms with Gasteiger partial charge in [-0.25, -0.2) is 8.78 Å². The molecule has 0 radical (unpaired) electrons. The zero-order chi connectivity index (χ0) is 29.0. The predicted molar refractivity (Wildman–Crippen MR) is 106 cm³/mol. The quantitative estimate of drug-likeness (QED) is 0.737. The van der Waals surface area contributed by atoms with Crippen molar-refractivity contribution < 1.29 is 34.1 Å². The molecule has 2 saturated heterocycles. The summed E-state index contributed by atoms with van der Waals surface area (Å²) in [6.45, 7) is -2.69. The Morgan fingerprint density at radius 3 is 2.40 bits per heavy atom. The number of carbonyl (C=O) groups excluding carboxylic acids is 3. The van der Waals surface area contributed by atoms with Crippen LogP contribution in [0.3, 0.4) is 0 Å². The van der Waals surface area contributed by atoms with E-state index in [-0.39, 0.29) is 18.4 Å². The molecule has 2 fully saturated rings. The number of piperidine rings is 2. The van der Waals surface area contributed by atoms with Crippen LogP contribution in [-0.2, 0) is 16.1 Å². The van der Waals surface area contributed by atoms with Crippen LogP contribution in [0.5, 0.6) is 0 Å². The molecule has 8 heteroatoms. The molecule has 1 aromatic carbocycles. The van der Waals surface area contributed by atoms with Crippen LogP contribution >= 0.6 is 0 Å². The Balaban J connectivity index is 1.87. The van der Waals surface area contributed by atoms with Gasteiger partial charge in [-0.2, -0.15) is 0 Å². The minimum absolute atomic E-state index is 0.0574. The van der Waals surface area contributed by atoms with Crippen LogP contribution < -0.4 is 5.32 Å². The molecule has 0 aromatic heterocycles. The van der Waals surface area contributed by atoms with E-state index in [2.05, 4.69) is 5.32 Å². The van der Waals surface area contributed by atoms with E-state index in [1.807, 2.05) is 0 Å². The molecule has 4 rings (SSSR count). The number of amides is 3. The second kappa shape index (κ2) is 7.41. The van der Waals surface area contributed by atoms with E-state index < -0.39 is 90.3 Å². The van der Waals surface area contributed by atoms with Crippen molar-refractivity contribution in [3.63, 3.8) is 0 Å². The SMILES string of the molecule is [2H]C1([2H])C(c2cc3c(c(F)c2F)C(=O)N([C@@H]2CCC(=O)NC2=O)C3)C([2H])([2H])C([2H])([2H])N(C(C)(C)C)C1([2H])[2H]. The van der Waals surface area contributed by atoms with Crippen molar-refractivity contribution in [2.24, 2.45) is 0 Å². The van der Waals surface area contributed by atoms with Crippen LogP contribution in [0.25, 0.3) is 0 Å². The van der Waals surface area contributed by atoms with Crippen LogP contribution in [0.2, 0.25) is 0 Å². The average molecular weight is 428 g/mol. The molecule has 3 aliphatic heterocycles. The number of halogens is 2. The highest BCUT2D eigenvalue weighted by atomic mass is 19.2. The van der Waals surface area contributed by atoms with Crippen LogP contribution in [0.1, 0.15) is 84.7 Å². The van der Waals surface area contributed by atoms with Gasteiger partial charge in [0.05, 0.1) is 5.56 Å². The van der Waals surface area contributed by atoms with E-state index in [0.29, 0.717) is 4.90 Å². The number of imide groups is 1. The molecule has 1 aromatic rings. The number of hydrogen-bond donors (Lipinski definition) is 1. The highest BCUT2D eigenvalue weighted by Gasteiger charge is 2.42. The molecule has 0 bridgehead atoms. The second-order valence-corrected chi connectivity index (χ2v) is 8.48. The molecular formula is C22H27F2N3O3. The predicted octanol–water partition coefficient (Wildman–Crippen LogP) is 2.70. The van der Waals surface area contributed by atoms with Crippen molar-refractivity contribution in [3.8, 4) is 0 Å². The summed E-state index contributed by atoms with van der Waals surface area (Å²) in [5.74, 6) is -8.41. The molecule has 3 heterocycles. The van der Waals surface area contributed by atoms with Gasteiger partial charge in [0, 0.05) is 29.5 Å². The van der Waals surface area contributed by atoms with Crippen LogP contribution in [0, 0.1) is 11.6 Å². The second-order valence-electron chi connectivity index (χ2n) is 8.48. The molecule has 0 spiro atoms. The molecule has 1 atom stereocenters. The van der Waals surface area contributed by atoms with E-state index in [9.17, 15) is 14.4 Å². The lowest BCUT2D eigenvalue weighted by Crippen LogP contribution is -2.52. The molecule has 162 valence electrons. The molecule has 30 heavy (non-hydrogen) atoms. The highest BCUT2D eigenvalue weighted by Crippen LogP contribution is 2.38. The summed E-state index contributed by atoms with van der Waals surface area (Å²) in [6.07, 6.45) is -6.72. The Bertz CT molecular complexity index is 1220. The number of rotatable bonds is 2. The van der Waals surface area contributed by atoms with Crippen molar-refractivity contribution in [1.29, 1.82) is 0 Å². The summed E-state index contributed by atoms with van der Waals surface area (Å²) < 4.78 is 99.5. The van der Waals surface area contributed by atoms with Gasteiger partial charge in [0.25, 0.3) is 5.91 Å². The topological polar surface area (TPSA) is 69.7 Å². The van der Waals surface area contributed by atoms with Gasteiger partial charge in [0.1, 0.15) is 6.04 Å². The maximum Gasteiger partial charge on any atom is 0.258 e. The van der Waals surface area contributed by atoms with Crippen molar-refractivity contribution >= 4 is 17.7 Å². The van der Waals surface area contributed by atoms with Gasteiger partial charge in [-0.3, -0.25) is 24.6 Å². The van der Waals surface area contributed by atoms with Crippen molar-refractivity contribution in [3.05, 3.63) is 34.4 Å². The Morgan fingerprint density at radius 1 is 1.13 bits per heavy atom. The number of hydrogen-bond acceptors (Lipinski definition) is 4. The lowest BCUT2D eigenvalue weighted by molar-refractivity contribution is -0.136. The minimum Gasteiger partial charge on any atom is -0.322 e. The van der Waals surface area contributed by atoms with Gasteiger partial charge in [-0.15, -0.1) is 0 Å². The van der Waals surface area contributed by atoms with Crippen molar-refractivity contribution in [2.45, 2.75) is 70.4 Å². The Labute approximate surface area is 185 Å². The maximum atomic E-state index is 15.6. The summed E-state index contributed by atoms with van der Waals surface area (Å²) in [5.41, 5.74) is -3.32. The summed E-state index contributed by atoms with van der Waals surface area (Å²) in [4.78, 5) is 38.1. The summed E-state index contributed by atoms with van der Waals surface area (Å²) >= 11 is 0. The van der Waals surface area contributed by atoms with Gasteiger partial charge in [0.2, 0.25) is 11.8 Å². The molecule has 0 saturated carbocycles. The van der Waals surface area contributed by atoms with Crippen LogP contribution in [0.4, 0.5) is 8.78 Å². The normalized spacial score (nSPS) is 34.4. The first kappa shape index (κ1) is 13.1. The molecule has 0 aliphatic carbocycles. The maximum absolute atomic E-state index is 15.6. The van der Waals surface area contributed by atoms with E-state index in [1.165, 1.54) is 20.8 Å². The van der Waals surface area contributed by atoms with E-state index in [1.54, 1.807) is 0 Å². The third-order valence-electron chi connectivity index (χ3n) is 5.34. The molecule has 1 N–H and O–H groups in total. The fourth-order valence-corrected chi connectivity index (χ4v) is 3.71. The van der Waals surface area contributed by atoms with Gasteiger partial charge in [-0.1, -0.05) is 0 Å². The first-order chi connectivity index (χ1) is 17.1. The molecule has 3 aliphatic rings. The first-order valence-corrected chi connectivity index (χ1v) is 9.56. The zero-order valence-corrected chi connectivity index (χ0v) is 16.7. The lowest BCUT2D eigenvalue weighted by Gasteiger charge is -2.41. The summed E-state index contributed by atoms with van der Waals surface area (Å²) in [5, 5.41) is 2.07. The minimum atomic E-state index is -3.29. The third-order valence-corrected chi connectivity index (χ3v) is 5.34. The Morgan fingerprint density at radius 2 is 1.80 bits per heavy atom. The van der Waals surface area contributed by atoms with Crippen molar-refractivity contribution in [2.75, 3.05) is 13.0 Å². The number of likely N-dealkylation sites (tertiary alicyclic amines) is 1. The number of carbonyl (C=O) groups is 3. The summed E-state index contributed by atoms with van der Waals surface area (Å²) in [7, 11) is 0. The Hall–Kier alpha value is -2.35. The standard InChI is InChI=1S/C22H27F2N3O3/c1-22(2,3)26-8-6-12(7-9-26)14-10-13-11-27(15-4-5-16(28)25-20(15)29)21(30)17(13)19(24)18(14)23/h10,12,15H,4-9,11H2,1-3H3,(H,25,28,29)/t15-/m1/s1/i6D2,7D2,8D2,9D2. The molecular weight excluding hydrogens is 392 g/mol. The first-order valence-electron chi connectivity index (χ1n) is 13.6. The number of nitrogens with one attached hydrogen (secondary N) is 1. The van der Waals surface area contributed by atoms with Gasteiger partial charge >= 0.3 is 0 Å². The lowest BCUT2D eigenvalue weighted by atomic mass is 9.85. The van der Waals surface area contributed by atoms with Gasteiger partial charge in [0.15, 0.2) is 11.6 Å². The van der Waals surface area contributed by atoms with Crippen molar-refractivity contribution in [1.82, 2.24) is 15.1 Å². The fourth-order valence-electron chi connectivity index (χ4n) is 3.71. The molecule has 0 unspecified atom stereocenters. The van der Waals surface area contributed by atoms with E-state index in [4.69, 9.17) is 11.0 Å². The van der Waals surface area contributed by atoms with Gasteiger partial charge < -0.3 is 4.90 Å². The van der Waals surface area contributed by atoms with Crippen LogP contribution in [-0.4, -0.2) is 52.1 Å². The number of nitrogens with zero attached hydrogens (tertiary/aromatic N) is 2. The monoisotopic (exact) mass is 427 g/mol. The third kappa shape index (κ3) is 3.51. The highest BCUT2D eigenvalue weighted by molar-refractivity contribution is 6.05. The number of fused-ring (bicyclic) bond motifs is 1.